The van der Waals surface area contributed by atoms with Crippen LogP contribution in [0.5, 0.6) is 11.5 Å². The fourth-order valence-electron chi connectivity index (χ4n) is 2.90. The molecular formula is C23H34N2O2. The lowest BCUT2D eigenvalue weighted by Gasteiger charge is -2.08. The summed E-state index contributed by atoms with van der Waals surface area (Å²) < 4.78 is 11.5. The van der Waals surface area contributed by atoms with E-state index in [2.05, 4.69) is 10.6 Å². The van der Waals surface area contributed by atoms with Crippen LogP contribution in [0.4, 0.5) is 11.4 Å². The summed E-state index contributed by atoms with van der Waals surface area (Å²) in [5.41, 5.74) is 2.22. The highest BCUT2D eigenvalue weighted by Gasteiger charge is 1.97. The zero-order valence-electron chi connectivity index (χ0n) is 16.8. The maximum Gasteiger partial charge on any atom is 0.119 e. The normalized spacial score (nSPS) is 10.4. The quantitative estimate of drug-likeness (QED) is 0.403. The van der Waals surface area contributed by atoms with E-state index in [-0.39, 0.29) is 0 Å². The van der Waals surface area contributed by atoms with Crippen LogP contribution in [0.1, 0.15) is 44.9 Å². The Labute approximate surface area is 164 Å². The first-order valence-corrected chi connectivity index (χ1v) is 10.1. The third kappa shape index (κ3) is 8.72. The van der Waals surface area contributed by atoms with Gasteiger partial charge in [-0.2, -0.15) is 0 Å². The number of benzene rings is 2. The number of hydrogen-bond acceptors (Lipinski definition) is 4. The highest BCUT2D eigenvalue weighted by Crippen LogP contribution is 2.17. The van der Waals surface area contributed by atoms with Crippen molar-refractivity contribution >= 4 is 11.4 Å². The van der Waals surface area contributed by atoms with Crippen LogP contribution in [0.2, 0.25) is 0 Å². The molecule has 0 saturated heterocycles. The van der Waals surface area contributed by atoms with E-state index in [1.807, 2.05) is 62.6 Å². The van der Waals surface area contributed by atoms with E-state index >= 15 is 0 Å². The van der Waals surface area contributed by atoms with E-state index in [1.165, 1.54) is 32.1 Å². The molecule has 0 unspecified atom stereocenters. The van der Waals surface area contributed by atoms with Gasteiger partial charge in [0.25, 0.3) is 0 Å². The third-order valence-electron chi connectivity index (χ3n) is 4.61. The molecule has 0 spiro atoms. The first-order chi connectivity index (χ1) is 13.3. The molecule has 0 radical (unpaired) electrons. The summed E-state index contributed by atoms with van der Waals surface area (Å²) in [6.07, 6.45) is 8.60. The smallest absolute Gasteiger partial charge is 0.119 e. The highest BCUT2D eigenvalue weighted by molar-refractivity contribution is 5.46. The van der Waals surface area contributed by atoms with Crippen molar-refractivity contribution < 1.29 is 9.47 Å². The van der Waals surface area contributed by atoms with Crippen molar-refractivity contribution in [2.75, 3.05) is 37.9 Å². The van der Waals surface area contributed by atoms with Crippen molar-refractivity contribution in [3.05, 3.63) is 48.5 Å². The minimum Gasteiger partial charge on any atom is -0.494 e. The SMILES string of the molecule is CNc1ccc(OCCCCCCCCCOc2ccc(NC)cc2)cc1. The van der Waals surface area contributed by atoms with Crippen molar-refractivity contribution in [2.24, 2.45) is 0 Å². The molecule has 0 aliphatic heterocycles. The van der Waals surface area contributed by atoms with Crippen LogP contribution in [-0.4, -0.2) is 27.3 Å². The van der Waals surface area contributed by atoms with Crippen LogP contribution in [0.15, 0.2) is 48.5 Å². The van der Waals surface area contributed by atoms with Gasteiger partial charge in [0.15, 0.2) is 0 Å². The van der Waals surface area contributed by atoms with Crippen molar-refractivity contribution in [3.8, 4) is 11.5 Å². The Balaban J connectivity index is 1.39. The Morgan fingerprint density at radius 3 is 1.19 bits per heavy atom. The second-order valence-electron chi connectivity index (χ2n) is 6.72. The van der Waals surface area contributed by atoms with Crippen molar-refractivity contribution in [3.63, 3.8) is 0 Å². The Morgan fingerprint density at radius 2 is 0.852 bits per heavy atom. The molecule has 27 heavy (non-hydrogen) atoms. The number of nitrogens with one attached hydrogen (secondary N) is 2. The molecule has 2 aromatic rings. The summed E-state index contributed by atoms with van der Waals surface area (Å²) in [4.78, 5) is 0. The molecule has 0 aromatic heterocycles. The van der Waals surface area contributed by atoms with E-state index in [1.54, 1.807) is 0 Å². The van der Waals surface area contributed by atoms with Crippen LogP contribution in [0, 0.1) is 0 Å². The molecular weight excluding hydrogens is 336 g/mol. The molecule has 2 N–H and O–H groups in total. The molecule has 0 heterocycles. The Bertz CT molecular complexity index is 556. The van der Waals surface area contributed by atoms with Gasteiger partial charge in [-0.15, -0.1) is 0 Å². The molecule has 2 aromatic carbocycles. The number of ether oxygens (including phenoxy) is 2. The lowest BCUT2D eigenvalue weighted by atomic mass is 10.1. The number of hydrogen-bond donors (Lipinski definition) is 2. The van der Waals surface area contributed by atoms with Crippen molar-refractivity contribution in [1.82, 2.24) is 0 Å². The summed E-state index contributed by atoms with van der Waals surface area (Å²) in [6.45, 7) is 1.61. The fraction of sp³-hybridized carbons (Fsp3) is 0.478. The molecule has 0 aliphatic carbocycles. The number of rotatable bonds is 14. The summed E-state index contributed by atoms with van der Waals surface area (Å²) >= 11 is 0. The van der Waals surface area contributed by atoms with Gasteiger partial charge in [0.05, 0.1) is 13.2 Å². The largest absolute Gasteiger partial charge is 0.494 e. The van der Waals surface area contributed by atoms with E-state index in [4.69, 9.17) is 9.47 Å². The summed E-state index contributed by atoms with van der Waals surface area (Å²) in [7, 11) is 3.85. The first-order valence-electron chi connectivity index (χ1n) is 10.1. The van der Waals surface area contributed by atoms with Gasteiger partial charge < -0.3 is 20.1 Å². The second-order valence-corrected chi connectivity index (χ2v) is 6.72. The molecule has 0 saturated carbocycles. The molecule has 0 atom stereocenters. The van der Waals surface area contributed by atoms with Crippen LogP contribution < -0.4 is 20.1 Å². The van der Waals surface area contributed by atoms with Crippen LogP contribution in [0.3, 0.4) is 0 Å². The molecule has 4 heteroatoms. The maximum absolute atomic E-state index is 5.77. The van der Waals surface area contributed by atoms with Crippen LogP contribution in [0.25, 0.3) is 0 Å². The molecule has 0 fully saturated rings. The monoisotopic (exact) mass is 370 g/mol. The Morgan fingerprint density at radius 1 is 0.519 bits per heavy atom. The predicted octanol–water partition coefficient (Wildman–Crippen LogP) is 5.96. The van der Waals surface area contributed by atoms with Crippen molar-refractivity contribution in [1.29, 1.82) is 0 Å². The standard InChI is InChI=1S/C23H34N2O2/c1-24-20-10-14-22(15-11-20)26-18-8-6-4-3-5-7-9-19-27-23-16-12-21(25-2)13-17-23/h10-17,24-25H,3-9,18-19H2,1-2H3. The van der Waals surface area contributed by atoms with E-state index < -0.39 is 0 Å². The van der Waals surface area contributed by atoms with Gasteiger partial charge in [-0.3, -0.25) is 0 Å². The van der Waals surface area contributed by atoms with Gasteiger partial charge in [0.1, 0.15) is 11.5 Å². The third-order valence-corrected chi connectivity index (χ3v) is 4.61. The van der Waals surface area contributed by atoms with Crippen LogP contribution >= 0.6 is 0 Å². The van der Waals surface area contributed by atoms with Gasteiger partial charge in [-0.25, -0.2) is 0 Å². The zero-order valence-corrected chi connectivity index (χ0v) is 16.8. The number of anilines is 2. The average Bonchev–Trinajstić information content (AvgIpc) is 2.73. The summed E-state index contributed by atoms with van der Waals surface area (Å²) in [5.74, 6) is 1.91. The fourth-order valence-corrected chi connectivity index (χ4v) is 2.90. The first kappa shape index (κ1) is 20.9. The maximum atomic E-state index is 5.77. The van der Waals surface area contributed by atoms with Gasteiger partial charge in [-0.1, -0.05) is 32.1 Å². The minimum atomic E-state index is 0.805. The molecule has 2 rings (SSSR count). The van der Waals surface area contributed by atoms with E-state index in [0.29, 0.717) is 0 Å². The summed E-state index contributed by atoms with van der Waals surface area (Å²) in [5, 5.41) is 6.22. The molecule has 0 amide bonds. The molecule has 4 nitrogen and oxygen atoms in total. The minimum absolute atomic E-state index is 0.805. The van der Waals surface area contributed by atoms with E-state index in [9.17, 15) is 0 Å². The van der Waals surface area contributed by atoms with Gasteiger partial charge in [-0.05, 0) is 61.4 Å². The highest BCUT2D eigenvalue weighted by atomic mass is 16.5. The van der Waals surface area contributed by atoms with Gasteiger partial charge in [0, 0.05) is 25.5 Å². The van der Waals surface area contributed by atoms with Gasteiger partial charge in [0.2, 0.25) is 0 Å². The average molecular weight is 371 g/mol. The molecule has 0 bridgehead atoms. The Kier molecular flexibility index (Phi) is 10.0. The zero-order chi connectivity index (χ0) is 19.2. The molecule has 0 aliphatic rings. The summed E-state index contributed by atoms with van der Waals surface area (Å²) in [6, 6.07) is 16.2. The molecule has 148 valence electrons. The Hall–Kier alpha value is -2.36. The second kappa shape index (κ2) is 12.9. The van der Waals surface area contributed by atoms with Crippen LogP contribution in [-0.2, 0) is 0 Å². The van der Waals surface area contributed by atoms with Gasteiger partial charge >= 0.3 is 0 Å². The topological polar surface area (TPSA) is 42.5 Å². The van der Waals surface area contributed by atoms with E-state index in [0.717, 1.165) is 48.9 Å². The predicted molar refractivity (Wildman–Crippen MR) is 115 cm³/mol. The lowest BCUT2D eigenvalue weighted by molar-refractivity contribution is 0.300. The lowest BCUT2D eigenvalue weighted by Crippen LogP contribution is -1.98. The van der Waals surface area contributed by atoms with Crippen molar-refractivity contribution in [2.45, 2.75) is 44.9 Å². The number of unbranched alkanes of at least 4 members (excludes halogenated alkanes) is 6.